The van der Waals surface area contributed by atoms with Gasteiger partial charge in [0.25, 0.3) is 0 Å². The van der Waals surface area contributed by atoms with Crippen LogP contribution in [0.2, 0.25) is 0 Å². The molecular formula is C15H27N3O. The third kappa shape index (κ3) is 4.62. The highest BCUT2D eigenvalue weighted by Crippen LogP contribution is 2.22. The number of piperidine rings is 1. The number of amides is 1. The van der Waals surface area contributed by atoms with E-state index in [9.17, 15) is 4.79 Å². The predicted octanol–water partition coefficient (Wildman–Crippen LogP) is 1.14. The molecule has 2 N–H and O–H groups in total. The lowest BCUT2D eigenvalue weighted by molar-refractivity contribution is -0.126. The molecule has 1 aliphatic carbocycles. The summed E-state index contributed by atoms with van der Waals surface area (Å²) in [6, 6.07) is 0.757. The van der Waals surface area contributed by atoms with Crippen LogP contribution in [0.5, 0.6) is 0 Å². The van der Waals surface area contributed by atoms with Crippen molar-refractivity contribution in [3.8, 4) is 0 Å². The van der Waals surface area contributed by atoms with Gasteiger partial charge in [0.15, 0.2) is 0 Å². The standard InChI is InChI=1S/C15H27N3O/c1-3-8-16-15(19)12(2)18-9-4-5-13(11-18)10-17-14-6-7-14/h3,12-14,17H,1,4-11H2,2H3,(H,16,19). The summed E-state index contributed by atoms with van der Waals surface area (Å²) in [5.41, 5.74) is 0. The Morgan fingerprint density at radius 3 is 2.95 bits per heavy atom. The zero-order chi connectivity index (χ0) is 13.7. The number of likely N-dealkylation sites (tertiary alicyclic amines) is 1. The van der Waals surface area contributed by atoms with Crippen LogP contribution in [0, 0.1) is 5.92 Å². The summed E-state index contributed by atoms with van der Waals surface area (Å²) in [5, 5.41) is 6.50. The molecule has 2 aliphatic rings. The van der Waals surface area contributed by atoms with Crippen molar-refractivity contribution in [2.24, 2.45) is 5.92 Å². The molecule has 19 heavy (non-hydrogen) atoms. The first-order valence-corrected chi connectivity index (χ1v) is 7.56. The zero-order valence-electron chi connectivity index (χ0n) is 12.0. The van der Waals surface area contributed by atoms with Crippen molar-refractivity contribution in [1.82, 2.24) is 15.5 Å². The second-order valence-electron chi connectivity index (χ2n) is 5.90. The van der Waals surface area contributed by atoms with Gasteiger partial charge in [0.1, 0.15) is 0 Å². The SMILES string of the molecule is C=CCNC(=O)C(C)N1CCCC(CNC2CC2)C1. The van der Waals surface area contributed by atoms with Gasteiger partial charge in [0, 0.05) is 19.1 Å². The second kappa shape index (κ2) is 7.06. The van der Waals surface area contributed by atoms with Gasteiger partial charge in [-0.3, -0.25) is 9.69 Å². The average molecular weight is 265 g/mol. The number of nitrogens with zero attached hydrogens (tertiary/aromatic N) is 1. The first-order valence-electron chi connectivity index (χ1n) is 7.56. The van der Waals surface area contributed by atoms with Gasteiger partial charge in [-0.25, -0.2) is 0 Å². The number of carbonyl (C=O) groups excluding carboxylic acids is 1. The summed E-state index contributed by atoms with van der Waals surface area (Å²) >= 11 is 0. The van der Waals surface area contributed by atoms with Gasteiger partial charge in [-0.1, -0.05) is 6.08 Å². The smallest absolute Gasteiger partial charge is 0.237 e. The van der Waals surface area contributed by atoms with Gasteiger partial charge < -0.3 is 10.6 Å². The summed E-state index contributed by atoms with van der Waals surface area (Å²) < 4.78 is 0. The molecule has 1 saturated carbocycles. The maximum Gasteiger partial charge on any atom is 0.237 e. The molecule has 4 nitrogen and oxygen atoms in total. The Balaban J connectivity index is 1.74. The Bertz CT molecular complexity index is 315. The quantitative estimate of drug-likeness (QED) is 0.679. The van der Waals surface area contributed by atoms with Gasteiger partial charge >= 0.3 is 0 Å². The average Bonchev–Trinajstić information content (AvgIpc) is 3.26. The van der Waals surface area contributed by atoms with E-state index in [2.05, 4.69) is 22.1 Å². The van der Waals surface area contributed by atoms with E-state index >= 15 is 0 Å². The summed E-state index contributed by atoms with van der Waals surface area (Å²) in [5.74, 6) is 0.819. The second-order valence-corrected chi connectivity index (χ2v) is 5.90. The Hall–Kier alpha value is -0.870. The molecular weight excluding hydrogens is 238 g/mol. The third-order valence-electron chi connectivity index (χ3n) is 4.17. The summed E-state index contributed by atoms with van der Waals surface area (Å²) in [6.07, 6.45) is 6.91. The van der Waals surface area contributed by atoms with Crippen LogP contribution in [-0.4, -0.2) is 49.1 Å². The summed E-state index contributed by atoms with van der Waals surface area (Å²) in [6.45, 7) is 9.40. The molecule has 2 fully saturated rings. The van der Waals surface area contributed by atoms with Gasteiger partial charge in [0.2, 0.25) is 5.91 Å². The van der Waals surface area contributed by atoms with E-state index in [0.717, 1.165) is 25.7 Å². The van der Waals surface area contributed by atoms with E-state index in [1.54, 1.807) is 6.08 Å². The molecule has 2 atom stereocenters. The van der Waals surface area contributed by atoms with Crippen LogP contribution in [-0.2, 0) is 4.79 Å². The van der Waals surface area contributed by atoms with Gasteiger partial charge in [-0.2, -0.15) is 0 Å². The lowest BCUT2D eigenvalue weighted by atomic mass is 9.96. The predicted molar refractivity (Wildman–Crippen MR) is 78.0 cm³/mol. The topological polar surface area (TPSA) is 44.4 Å². The first-order chi connectivity index (χ1) is 9.20. The van der Waals surface area contributed by atoms with E-state index in [0.29, 0.717) is 12.5 Å². The molecule has 1 aliphatic heterocycles. The van der Waals surface area contributed by atoms with Crippen LogP contribution in [0.15, 0.2) is 12.7 Å². The normalized spacial score (nSPS) is 25.8. The van der Waals surface area contributed by atoms with Gasteiger partial charge in [0.05, 0.1) is 6.04 Å². The molecule has 0 radical (unpaired) electrons. The third-order valence-corrected chi connectivity index (χ3v) is 4.17. The molecule has 0 spiro atoms. The zero-order valence-corrected chi connectivity index (χ0v) is 12.0. The Morgan fingerprint density at radius 2 is 2.26 bits per heavy atom. The van der Waals surface area contributed by atoms with Crippen LogP contribution in [0.4, 0.5) is 0 Å². The minimum atomic E-state index is -0.0244. The maximum absolute atomic E-state index is 12.0. The lowest BCUT2D eigenvalue weighted by Gasteiger charge is -2.36. The van der Waals surface area contributed by atoms with Crippen molar-refractivity contribution in [1.29, 1.82) is 0 Å². The number of hydrogen-bond acceptors (Lipinski definition) is 3. The molecule has 1 amide bonds. The Kier molecular flexibility index (Phi) is 5.40. The Labute approximate surface area is 116 Å². The molecule has 1 saturated heterocycles. The first kappa shape index (κ1) is 14.5. The van der Waals surface area contributed by atoms with Crippen molar-refractivity contribution in [3.05, 3.63) is 12.7 Å². The van der Waals surface area contributed by atoms with E-state index in [-0.39, 0.29) is 11.9 Å². The van der Waals surface area contributed by atoms with Gasteiger partial charge in [-0.15, -0.1) is 6.58 Å². The fourth-order valence-electron chi connectivity index (χ4n) is 2.72. The summed E-state index contributed by atoms with van der Waals surface area (Å²) in [7, 11) is 0. The van der Waals surface area contributed by atoms with Crippen molar-refractivity contribution in [3.63, 3.8) is 0 Å². The van der Waals surface area contributed by atoms with Crippen molar-refractivity contribution in [2.45, 2.75) is 44.7 Å². The molecule has 0 bridgehead atoms. The molecule has 0 aromatic heterocycles. The van der Waals surface area contributed by atoms with E-state index in [1.165, 1.54) is 25.7 Å². The van der Waals surface area contributed by atoms with Crippen LogP contribution < -0.4 is 10.6 Å². The van der Waals surface area contributed by atoms with E-state index in [4.69, 9.17) is 0 Å². The number of nitrogens with one attached hydrogen (secondary N) is 2. The van der Waals surface area contributed by atoms with Crippen LogP contribution in [0.1, 0.15) is 32.6 Å². The fraction of sp³-hybridized carbons (Fsp3) is 0.800. The van der Waals surface area contributed by atoms with Crippen molar-refractivity contribution < 1.29 is 4.79 Å². The largest absolute Gasteiger partial charge is 0.351 e. The lowest BCUT2D eigenvalue weighted by Crippen LogP contribution is -2.50. The molecule has 2 unspecified atom stereocenters. The Morgan fingerprint density at radius 1 is 1.47 bits per heavy atom. The minimum absolute atomic E-state index is 0.0244. The summed E-state index contributed by atoms with van der Waals surface area (Å²) in [4.78, 5) is 14.3. The molecule has 0 aromatic carbocycles. The van der Waals surface area contributed by atoms with Crippen LogP contribution >= 0.6 is 0 Å². The number of rotatable bonds is 7. The van der Waals surface area contributed by atoms with E-state index < -0.39 is 0 Å². The molecule has 4 heteroatoms. The number of hydrogen-bond donors (Lipinski definition) is 2. The van der Waals surface area contributed by atoms with E-state index in [1.807, 2.05) is 6.92 Å². The monoisotopic (exact) mass is 265 g/mol. The minimum Gasteiger partial charge on any atom is -0.351 e. The highest BCUT2D eigenvalue weighted by molar-refractivity contribution is 5.81. The fourth-order valence-corrected chi connectivity index (χ4v) is 2.72. The molecule has 1 heterocycles. The van der Waals surface area contributed by atoms with Gasteiger partial charge in [-0.05, 0) is 51.6 Å². The highest BCUT2D eigenvalue weighted by Gasteiger charge is 2.28. The van der Waals surface area contributed by atoms with Crippen molar-refractivity contribution in [2.75, 3.05) is 26.2 Å². The van der Waals surface area contributed by atoms with Crippen LogP contribution in [0.25, 0.3) is 0 Å². The molecule has 0 aromatic rings. The molecule has 2 rings (SSSR count). The maximum atomic E-state index is 12.0. The highest BCUT2D eigenvalue weighted by atomic mass is 16.2. The number of carbonyl (C=O) groups is 1. The van der Waals surface area contributed by atoms with Crippen LogP contribution in [0.3, 0.4) is 0 Å². The van der Waals surface area contributed by atoms with Crippen molar-refractivity contribution >= 4 is 5.91 Å². The molecule has 108 valence electrons.